The quantitative estimate of drug-likeness (QED) is 0.739. The molecule has 0 aliphatic carbocycles. The van der Waals surface area contributed by atoms with Crippen LogP contribution in [0.15, 0.2) is 45.9 Å². The first-order valence-corrected chi connectivity index (χ1v) is 8.68. The van der Waals surface area contributed by atoms with E-state index in [1.54, 1.807) is 32.2 Å². The summed E-state index contributed by atoms with van der Waals surface area (Å²) in [6.07, 6.45) is 1.76. The van der Waals surface area contributed by atoms with Crippen molar-refractivity contribution in [2.75, 3.05) is 11.8 Å². The van der Waals surface area contributed by atoms with Crippen molar-refractivity contribution in [1.29, 1.82) is 0 Å². The van der Waals surface area contributed by atoms with Gasteiger partial charge in [-0.2, -0.15) is 0 Å². The van der Waals surface area contributed by atoms with Gasteiger partial charge >= 0.3 is 0 Å². The van der Waals surface area contributed by atoms with E-state index >= 15 is 0 Å². The molecule has 0 aliphatic heterocycles. The number of benzene rings is 1. The van der Waals surface area contributed by atoms with Gasteiger partial charge in [0.05, 0.1) is 12.0 Å². The number of hydrogen-bond donors (Lipinski definition) is 2. The number of sulfonamides is 1. The van der Waals surface area contributed by atoms with Crippen LogP contribution in [0.25, 0.3) is 11.3 Å². The van der Waals surface area contributed by atoms with E-state index in [1.165, 1.54) is 13.2 Å². The normalized spacial score (nSPS) is 11.5. The lowest BCUT2D eigenvalue weighted by molar-refractivity contribution is 0.399. The number of anilines is 1. The van der Waals surface area contributed by atoms with E-state index in [-0.39, 0.29) is 10.7 Å². The molecule has 0 fully saturated rings. The number of rotatable bonds is 5. The number of nitrogens with zero attached hydrogens (tertiary/aromatic N) is 1. The van der Waals surface area contributed by atoms with Gasteiger partial charge in [0.15, 0.2) is 5.82 Å². The van der Waals surface area contributed by atoms with Crippen LogP contribution in [0.5, 0.6) is 5.75 Å². The van der Waals surface area contributed by atoms with Crippen molar-refractivity contribution in [3.05, 3.63) is 47.9 Å². The molecule has 0 amide bonds. The van der Waals surface area contributed by atoms with Gasteiger partial charge in [0, 0.05) is 23.0 Å². The van der Waals surface area contributed by atoms with Crippen molar-refractivity contribution >= 4 is 15.8 Å². The summed E-state index contributed by atoms with van der Waals surface area (Å²) >= 11 is 0. The summed E-state index contributed by atoms with van der Waals surface area (Å²) in [4.78, 5) is 3.15. The number of H-pyrrole nitrogens is 1. The molecular weight excluding hydrogens is 330 g/mol. The fraction of sp³-hybridized carbons (Fsp3) is 0.188. The van der Waals surface area contributed by atoms with E-state index in [9.17, 15) is 8.42 Å². The molecule has 2 aromatic heterocycles. The molecule has 0 saturated heterocycles. The molecule has 24 heavy (non-hydrogen) atoms. The van der Waals surface area contributed by atoms with Crippen LogP contribution in [-0.2, 0) is 10.0 Å². The maximum Gasteiger partial charge on any atom is 0.263 e. The number of aromatic amines is 1. The van der Waals surface area contributed by atoms with Gasteiger partial charge < -0.3 is 14.2 Å². The van der Waals surface area contributed by atoms with Crippen molar-refractivity contribution in [3.8, 4) is 17.0 Å². The van der Waals surface area contributed by atoms with Crippen molar-refractivity contribution in [1.82, 2.24) is 10.1 Å². The lowest BCUT2D eigenvalue weighted by Crippen LogP contribution is -2.14. The van der Waals surface area contributed by atoms with Gasteiger partial charge in [-0.25, -0.2) is 8.42 Å². The van der Waals surface area contributed by atoms with E-state index in [0.717, 1.165) is 5.69 Å². The minimum atomic E-state index is -3.80. The van der Waals surface area contributed by atoms with Gasteiger partial charge in [-0.05, 0) is 44.2 Å². The number of aromatic nitrogens is 2. The van der Waals surface area contributed by atoms with Gasteiger partial charge in [-0.15, -0.1) is 0 Å². The molecule has 0 radical (unpaired) electrons. The summed E-state index contributed by atoms with van der Waals surface area (Å²) in [6.45, 7) is 3.46. The molecule has 8 heteroatoms. The zero-order valence-corrected chi connectivity index (χ0v) is 14.3. The first kappa shape index (κ1) is 16.1. The van der Waals surface area contributed by atoms with Gasteiger partial charge in [0.25, 0.3) is 10.0 Å². The molecule has 0 atom stereocenters. The summed E-state index contributed by atoms with van der Waals surface area (Å²) in [5, 5.41) is 3.74. The molecule has 0 aliphatic rings. The molecule has 2 N–H and O–H groups in total. The Hall–Kier alpha value is -2.74. The van der Waals surface area contributed by atoms with Crippen molar-refractivity contribution in [2.24, 2.45) is 0 Å². The Bertz CT molecular complexity index is 959. The Morgan fingerprint density at radius 3 is 2.62 bits per heavy atom. The number of methoxy groups -OCH3 is 1. The highest BCUT2D eigenvalue weighted by molar-refractivity contribution is 7.92. The fourth-order valence-electron chi connectivity index (χ4n) is 2.26. The Morgan fingerprint density at radius 2 is 2.04 bits per heavy atom. The Kier molecular flexibility index (Phi) is 4.06. The molecule has 0 spiro atoms. The molecule has 3 aromatic rings. The highest BCUT2D eigenvalue weighted by Crippen LogP contribution is 2.32. The Balaban J connectivity index is 2.02. The molecule has 0 saturated carbocycles. The second kappa shape index (κ2) is 6.04. The summed E-state index contributed by atoms with van der Waals surface area (Å²) in [5.74, 6) is 1.32. The minimum absolute atomic E-state index is 0.105. The largest absolute Gasteiger partial charge is 0.496 e. The molecule has 0 unspecified atom stereocenters. The molecule has 126 valence electrons. The molecule has 7 nitrogen and oxygen atoms in total. The Labute approximate surface area is 139 Å². The van der Waals surface area contributed by atoms with Gasteiger partial charge in [-0.3, -0.25) is 4.72 Å². The SMILES string of the molecule is COc1ccc(S(=O)(=O)Nc2noc(C)c2C)cc1-c1ccc[nH]1. The highest BCUT2D eigenvalue weighted by atomic mass is 32.2. The van der Waals surface area contributed by atoms with Crippen molar-refractivity contribution in [3.63, 3.8) is 0 Å². The number of ether oxygens (including phenoxy) is 1. The third-order valence-corrected chi connectivity index (χ3v) is 5.09. The monoisotopic (exact) mass is 347 g/mol. The van der Waals surface area contributed by atoms with Crippen LogP contribution in [0.1, 0.15) is 11.3 Å². The van der Waals surface area contributed by atoms with E-state index in [2.05, 4.69) is 14.9 Å². The smallest absolute Gasteiger partial charge is 0.263 e. The maximum absolute atomic E-state index is 12.6. The van der Waals surface area contributed by atoms with E-state index in [0.29, 0.717) is 22.6 Å². The number of aryl methyl sites for hydroxylation is 1. The Morgan fingerprint density at radius 1 is 1.25 bits per heavy atom. The topological polar surface area (TPSA) is 97.2 Å². The predicted octanol–water partition coefficient (Wildman–Crippen LogP) is 3.10. The minimum Gasteiger partial charge on any atom is -0.496 e. The summed E-state index contributed by atoms with van der Waals surface area (Å²) < 4.78 is 38.0. The number of hydrogen-bond acceptors (Lipinski definition) is 5. The second-order valence-electron chi connectivity index (χ2n) is 5.26. The van der Waals surface area contributed by atoms with Crippen LogP contribution in [0.4, 0.5) is 5.82 Å². The molecule has 2 heterocycles. The first-order chi connectivity index (χ1) is 11.4. The van der Waals surface area contributed by atoms with Crippen LogP contribution in [0.3, 0.4) is 0 Å². The second-order valence-corrected chi connectivity index (χ2v) is 6.95. The number of nitrogens with one attached hydrogen (secondary N) is 2. The van der Waals surface area contributed by atoms with Crippen LogP contribution in [0.2, 0.25) is 0 Å². The van der Waals surface area contributed by atoms with Gasteiger partial charge in [0.2, 0.25) is 0 Å². The average Bonchev–Trinajstić information content (AvgIpc) is 3.20. The van der Waals surface area contributed by atoms with Crippen molar-refractivity contribution < 1.29 is 17.7 Å². The lowest BCUT2D eigenvalue weighted by Gasteiger charge is -2.11. The summed E-state index contributed by atoms with van der Waals surface area (Å²) in [6, 6.07) is 8.32. The summed E-state index contributed by atoms with van der Waals surface area (Å²) in [5.41, 5.74) is 2.06. The molecular formula is C16H17N3O4S. The van der Waals surface area contributed by atoms with Gasteiger partial charge in [0.1, 0.15) is 11.5 Å². The zero-order chi connectivity index (χ0) is 17.3. The van der Waals surface area contributed by atoms with Crippen LogP contribution in [-0.4, -0.2) is 25.7 Å². The zero-order valence-electron chi connectivity index (χ0n) is 13.5. The van der Waals surface area contributed by atoms with Crippen LogP contribution >= 0.6 is 0 Å². The molecule has 3 rings (SSSR count). The third-order valence-electron chi connectivity index (χ3n) is 3.76. The van der Waals surface area contributed by atoms with E-state index in [1.807, 2.05) is 12.1 Å². The van der Waals surface area contributed by atoms with Crippen molar-refractivity contribution in [2.45, 2.75) is 18.7 Å². The van der Waals surface area contributed by atoms with Crippen LogP contribution in [0, 0.1) is 13.8 Å². The maximum atomic E-state index is 12.6. The first-order valence-electron chi connectivity index (χ1n) is 7.20. The van der Waals surface area contributed by atoms with E-state index in [4.69, 9.17) is 9.26 Å². The third kappa shape index (κ3) is 2.88. The molecule has 1 aromatic carbocycles. The lowest BCUT2D eigenvalue weighted by atomic mass is 10.1. The summed E-state index contributed by atoms with van der Waals surface area (Å²) in [7, 11) is -2.27. The fourth-order valence-corrected chi connectivity index (χ4v) is 3.34. The molecule has 0 bridgehead atoms. The van der Waals surface area contributed by atoms with Gasteiger partial charge in [-0.1, -0.05) is 5.16 Å². The van der Waals surface area contributed by atoms with Crippen LogP contribution < -0.4 is 9.46 Å². The van der Waals surface area contributed by atoms with E-state index < -0.39 is 10.0 Å². The predicted molar refractivity (Wildman–Crippen MR) is 89.6 cm³/mol. The average molecular weight is 347 g/mol. The highest BCUT2D eigenvalue weighted by Gasteiger charge is 2.21. The standard InChI is InChI=1S/C16H17N3O4S/c1-10-11(2)23-18-16(10)19-24(20,21)12-6-7-15(22-3)13(9-12)14-5-4-8-17-14/h4-9,17H,1-3H3,(H,18,19).